The summed E-state index contributed by atoms with van der Waals surface area (Å²) in [5.74, 6) is 0.00574. The van der Waals surface area contributed by atoms with E-state index in [-0.39, 0.29) is 17.1 Å². The molecular weight excluding hydrogens is 529 g/mol. The maximum Gasteiger partial charge on any atom is 0.416 e. The summed E-state index contributed by atoms with van der Waals surface area (Å²) in [5, 5.41) is 1.73. The molecule has 1 aliphatic carbocycles. The normalized spacial score (nSPS) is 13.4. The Kier molecular flexibility index (Phi) is 5.34. The Labute approximate surface area is 231 Å². The molecule has 2 heterocycles. The monoisotopic (exact) mass is 548 g/mol. The molecule has 6 nitrogen and oxygen atoms in total. The molecule has 7 rings (SSSR count). The second-order valence-electron chi connectivity index (χ2n) is 9.82. The van der Waals surface area contributed by atoms with Crippen molar-refractivity contribution in [1.29, 1.82) is 0 Å². The number of allylic oxidation sites excluding steroid dienone is 1. The number of Topliss-reactive ketones (excluding diaryl/α,β-unsaturated/α-hetero) is 2. The number of aromatic nitrogens is 4. The zero-order chi connectivity index (χ0) is 28.5. The summed E-state index contributed by atoms with van der Waals surface area (Å²) in [6.07, 6.45) is -2.96. The Balaban J connectivity index is 1.38. The summed E-state index contributed by atoms with van der Waals surface area (Å²) in [7, 11) is 1.72. The Bertz CT molecular complexity index is 2010. The first-order valence-electron chi connectivity index (χ1n) is 12.7. The molecule has 0 atom stereocenters. The molecule has 0 aliphatic heterocycles. The summed E-state index contributed by atoms with van der Waals surface area (Å²) < 4.78 is 42.7. The number of nitrogens with zero attached hydrogens (tertiary/aromatic N) is 4. The number of rotatable bonds is 3. The quantitative estimate of drug-likeness (QED) is 0.175. The van der Waals surface area contributed by atoms with Crippen LogP contribution in [-0.2, 0) is 13.2 Å². The van der Waals surface area contributed by atoms with Crippen molar-refractivity contribution < 1.29 is 22.8 Å². The lowest BCUT2D eigenvalue weighted by Crippen LogP contribution is -2.05. The van der Waals surface area contributed by atoms with Crippen LogP contribution in [0.3, 0.4) is 0 Å². The molecular formula is C32H19F3N4O2. The number of halogens is 3. The first kappa shape index (κ1) is 24.7. The first-order valence-corrected chi connectivity index (χ1v) is 12.7. The van der Waals surface area contributed by atoms with Gasteiger partial charge in [-0.1, -0.05) is 54.6 Å². The van der Waals surface area contributed by atoms with Gasteiger partial charge in [-0.3, -0.25) is 14.2 Å². The van der Waals surface area contributed by atoms with Crippen molar-refractivity contribution in [3.8, 4) is 17.1 Å². The third-order valence-electron chi connectivity index (χ3n) is 7.33. The SMILES string of the molecule is Cn1c(-c2ccc(C(F)(F)F)cc2)nc2c1nc(C=C1C(=O)c3cc4ccccc4cc3C1=O)n2-c1ccccc1. The number of hydrogen-bond donors (Lipinski definition) is 0. The molecule has 1 aliphatic rings. The lowest BCUT2D eigenvalue weighted by molar-refractivity contribution is -0.137. The average molecular weight is 549 g/mol. The van der Waals surface area contributed by atoms with Crippen LogP contribution in [0.25, 0.3) is 45.2 Å². The van der Waals surface area contributed by atoms with E-state index in [4.69, 9.17) is 9.97 Å². The van der Waals surface area contributed by atoms with Crippen molar-refractivity contribution in [3.63, 3.8) is 0 Å². The predicted octanol–water partition coefficient (Wildman–Crippen LogP) is 7.06. The number of fused-ring (bicyclic) bond motifs is 3. The van der Waals surface area contributed by atoms with Crippen LogP contribution < -0.4 is 0 Å². The Hall–Kier alpha value is -5.31. The molecule has 0 spiro atoms. The highest BCUT2D eigenvalue weighted by molar-refractivity contribution is 6.42. The van der Waals surface area contributed by atoms with E-state index in [9.17, 15) is 22.8 Å². The first-order chi connectivity index (χ1) is 19.7. The molecule has 0 N–H and O–H groups in total. The van der Waals surface area contributed by atoms with Crippen molar-refractivity contribution in [2.75, 3.05) is 0 Å². The Morgan fingerprint density at radius 2 is 1.32 bits per heavy atom. The van der Waals surface area contributed by atoms with E-state index in [0.29, 0.717) is 45.3 Å². The fourth-order valence-electron chi connectivity index (χ4n) is 5.28. The maximum atomic E-state index is 13.4. The highest BCUT2D eigenvalue weighted by Gasteiger charge is 2.34. The zero-order valence-corrected chi connectivity index (χ0v) is 21.5. The highest BCUT2D eigenvalue weighted by Crippen LogP contribution is 2.34. The number of para-hydroxylation sites is 1. The van der Waals surface area contributed by atoms with Crippen LogP contribution in [0.5, 0.6) is 0 Å². The Morgan fingerprint density at radius 1 is 0.732 bits per heavy atom. The van der Waals surface area contributed by atoms with Crippen molar-refractivity contribution in [1.82, 2.24) is 19.1 Å². The van der Waals surface area contributed by atoms with Gasteiger partial charge in [-0.25, -0.2) is 9.97 Å². The van der Waals surface area contributed by atoms with Gasteiger partial charge in [-0.05, 0) is 53.2 Å². The average Bonchev–Trinajstić information content (AvgIpc) is 3.57. The van der Waals surface area contributed by atoms with E-state index in [1.807, 2.05) is 54.6 Å². The van der Waals surface area contributed by atoms with Crippen LogP contribution in [0.1, 0.15) is 32.1 Å². The van der Waals surface area contributed by atoms with Gasteiger partial charge in [-0.15, -0.1) is 0 Å². The third kappa shape index (κ3) is 3.88. The van der Waals surface area contributed by atoms with Gasteiger partial charge < -0.3 is 4.57 Å². The van der Waals surface area contributed by atoms with E-state index in [1.54, 1.807) is 28.3 Å². The second-order valence-corrected chi connectivity index (χ2v) is 9.82. The van der Waals surface area contributed by atoms with Gasteiger partial charge in [0, 0.05) is 29.4 Å². The number of carbonyl (C=O) groups is 2. The molecule has 9 heteroatoms. The third-order valence-corrected chi connectivity index (χ3v) is 7.33. The number of benzene rings is 4. The summed E-state index contributed by atoms with van der Waals surface area (Å²) >= 11 is 0. The molecule has 0 amide bonds. The van der Waals surface area contributed by atoms with Gasteiger partial charge in [0.2, 0.25) is 0 Å². The fraction of sp³-hybridized carbons (Fsp3) is 0.0625. The van der Waals surface area contributed by atoms with Gasteiger partial charge >= 0.3 is 6.18 Å². The molecule has 41 heavy (non-hydrogen) atoms. The number of hydrogen-bond acceptors (Lipinski definition) is 4. The molecule has 4 aromatic carbocycles. The number of imidazole rings is 2. The van der Waals surface area contributed by atoms with E-state index in [1.165, 1.54) is 18.2 Å². The van der Waals surface area contributed by atoms with E-state index in [2.05, 4.69) is 0 Å². The number of carbonyl (C=O) groups excluding carboxylic acids is 2. The molecule has 0 unspecified atom stereocenters. The van der Waals surface area contributed by atoms with E-state index in [0.717, 1.165) is 22.9 Å². The maximum absolute atomic E-state index is 13.4. The molecule has 0 fully saturated rings. The topological polar surface area (TPSA) is 69.8 Å². The van der Waals surface area contributed by atoms with Crippen LogP contribution in [-0.4, -0.2) is 30.7 Å². The van der Waals surface area contributed by atoms with Crippen LogP contribution in [0.4, 0.5) is 13.2 Å². The minimum absolute atomic E-state index is 0.00533. The van der Waals surface area contributed by atoms with Gasteiger partial charge in [-0.2, -0.15) is 13.2 Å². The van der Waals surface area contributed by atoms with Crippen LogP contribution in [0.2, 0.25) is 0 Å². The lowest BCUT2D eigenvalue weighted by atomic mass is 10.0. The molecule has 2 aromatic heterocycles. The van der Waals surface area contributed by atoms with E-state index < -0.39 is 11.7 Å². The summed E-state index contributed by atoms with van der Waals surface area (Å²) in [5.41, 5.74) is 2.02. The number of alkyl halides is 3. The summed E-state index contributed by atoms with van der Waals surface area (Å²) in [6, 6.07) is 25.0. The lowest BCUT2D eigenvalue weighted by Gasteiger charge is -2.08. The zero-order valence-electron chi connectivity index (χ0n) is 21.5. The van der Waals surface area contributed by atoms with Crippen LogP contribution in [0, 0.1) is 0 Å². The number of ketones is 2. The predicted molar refractivity (Wildman–Crippen MR) is 149 cm³/mol. The minimum atomic E-state index is -4.44. The van der Waals surface area contributed by atoms with Crippen molar-refractivity contribution in [3.05, 3.63) is 119 Å². The highest BCUT2D eigenvalue weighted by atomic mass is 19.4. The van der Waals surface area contributed by atoms with E-state index >= 15 is 0 Å². The minimum Gasteiger partial charge on any atom is -0.310 e. The standard InChI is InChI=1S/C32H19F3N4O2/c1-38-29(18-11-13-21(14-12-18)32(33,34)35)37-31-30(38)36-26(39(31)22-9-3-2-4-10-22)17-25-27(40)23-15-19-7-5-6-8-20(19)16-24(23)28(25)41/h2-17H,1H3. The van der Waals surface area contributed by atoms with Crippen molar-refractivity contribution in [2.45, 2.75) is 6.18 Å². The van der Waals surface area contributed by atoms with Gasteiger partial charge in [0.15, 0.2) is 22.9 Å². The largest absolute Gasteiger partial charge is 0.416 e. The van der Waals surface area contributed by atoms with Crippen molar-refractivity contribution >= 4 is 39.7 Å². The number of aryl methyl sites for hydroxylation is 1. The molecule has 0 saturated carbocycles. The summed E-state index contributed by atoms with van der Waals surface area (Å²) in [4.78, 5) is 36.4. The van der Waals surface area contributed by atoms with Crippen molar-refractivity contribution in [2.24, 2.45) is 7.05 Å². The van der Waals surface area contributed by atoms with Gasteiger partial charge in [0.1, 0.15) is 11.6 Å². The smallest absolute Gasteiger partial charge is 0.310 e. The summed E-state index contributed by atoms with van der Waals surface area (Å²) in [6.45, 7) is 0. The molecule has 0 saturated heterocycles. The van der Waals surface area contributed by atoms with Crippen LogP contribution >= 0.6 is 0 Å². The molecule has 0 bridgehead atoms. The van der Waals surface area contributed by atoms with Gasteiger partial charge in [0.05, 0.1) is 11.1 Å². The van der Waals surface area contributed by atoms with Crippen LogP contribution in [0.15, 0.2) is 96.6 Å². The molecule has 6 aromatic rings. The fourth-order valence-corrected chi connectivity index (χ4v) is 5.28. The molecule has 0 radical (unpaired) electrons. The second kappa shape index (κ2) is 8.85. The molecule has 200 valence electrons. The Morgan fingerprint density at radius 3 is 1.90 bits per heavy atom. The van der Waals surface area contributed by atoms with Gasteiger partial charge in [0.25, 0.3) is 0 Å².